The summed E-state index contributed by atoms with van der Waals surface area (Å²) in [6.07, 6.45) is 2.14. The van der Waals surface area contributed by atoms with E-state index in [4.69, 9.17) is 4.74 Å². The van der Waals surface area contributed by atoms with Crippen LogP contribution < -0.4 is 10.1 Å². The summed E-state index contributed by atoms with van der Waals surface area (Å²) in [5, 5.41) is 3.33. The molecule has 0 fully saturated rings. The van der Waals surface area contributed by atoms with Gasteiger partial charge in [-0.2, -0.15) is 0 Å². The van der Waals surface area contributed by atoms with Gasteiger partial charge < -0.3 is 10.1 Å². The molecule has 0 unspecified atom stereocenters. The van der Waals surface area contributed by atoms with Crippen LogP contribution in [0.3, 0.4) is 0 Å². The van der Waals surface area contributed by atoms with E-state index in [0.717, 1.165) is 38.3 Å². The Labute approximate surface area is 85.3 Å². The first kappa shape index (κ1) is 9.53. The van der Waals surface area contributed by atoms with Gasteiger partial charge in [-0.3, -0.25) is 0 Å². The second-order valence-corrected chi connectivity index (χ2v) is 3.61. The van der Waals surface area contributed by atoms with Gasteiger partial charge in [-0.05, 0) is 30.6 Å². The van der Waals surface area contributed by atoms with Crippen LogP contribution in [0.2, 0.25) is 0 Å². The molecule has 1 N–H and O–H groups in total. The summed E-state index contributed by atoms with van der Waals surface area (Å²) in [6, 6.07) is 6.47. The van der Waals surface area contributed by atoms with E-state index in [1.54, 1.807) is 0 Å². The standard InChI is InChI=1S/C12H17NO/c1-2-13-8-6-10-4-3-5-11-7-9-14-12(10)11/h3-5,13H,2,6-9H2,1H3. The molecule has 1 aliphatic rings. The van der Waals surface area contributed by atoms with Crippen molar-refractivity contribution < 1.29 is 4.74 Å². The molecule has 0 radical (unpaired) electrons. The zero-order chi connectivity index (χ0) is 9.80. The lowest BCUT2D eigenvalue weighted by Gasteiger charge is -2.07. The maximum Gasteiger partial charge on any atom is 0.125 e. The fourth-order valence-corrected chi connectivity index (χ4v) is 1.88. The topological polar surface area (TPSA) is 21.3 Å². The van der Waals surface area contributed by atoms with Gasteiger partial charge in [0.05, 0.1) is 6.61 Å². The fourth-order valence-electron chi connectivity index (χ4n) is 1.88. The van der Waals surface area contributed by atoms with E-state index in [-0.39, 0.29) is 0 Å². The fraction of sp³-hybridized carbons (Fsp3) is 0.500. The molecule has 2 nitrogen and oxygen atoms in total. The third kappa shape index (κ3) is 1.90. The second-order valence-electron chi connectivity index (χ2n) is 3.61. The maximum atomic E-state index is 5.63. The lowest BCUT2D eigenvalue weighted by molar-refractivity contribution is 0.353. The Morgan fingerprint density at radius 1 is 1.43 bits per heavy atom. The van der Waals surface area contributed by atoms with Crippen LogP contribution >= 0.6 is 0 Å². The van der Waals surface area contributed by atoms with Crippen LogP contribution in [0.4, 0.5) is 0 Å². The average Bonchev–Trinajstić information content (AvgIpc) is 2.67. The van der Waals surface area contributed by atoms with Gasteiger partial charge in [0.15, 0.2) is 0 Å². The van der Waals surface area contributed by atoms with Gasteiger partial charge in [0.25, 0.3) is 0 Å². The molecule has 1 heterocycles. The van der Waals surface area contributed by atoms with Crippen molar-refractivity contribution in [3.05, 3.63) is 29.3 Å². The number of rotatable bonds is 4. The Morgan fingerprint density at radius 3 is 3.21 bits per heavy atom. The predicted molar refractivity (Wildman–Crippen MR) is 57.9 cm³/mol. The minimum Gasteiger partial charge on any atom is -0.493 e. The molecule has 2 rings (SSSR count). The number of nitrogens with one attached hydrogen (secondary N) is 1. The summed E-state index contributed by atoms with van der Waals surface area (Å²) in [4.78, 5) is 0. The van der Waals surface area contributed by atoms with E-state index < -0.39 is 0 Å². The lowest BCUT2D eigenvalue weighted by atomic mass is 10.1. The van der Waals surface area contributed by atoms with Gasteiger partial charge in [-0.25, -0.2) is 0 Å². The number of likely N-dealkylation sites (N-methyl/N-ethyl adjacent to an activating group) is 1. The molecule has 1 aromatic rings. The number of ether oxygens (including phenoxy) is 1. The van der Waals surface area contributed by atoms with Crippen LogP contribution in [0.1, 0.15) is 18.1 Å². The first-order chi connectivity index (χ1) is 6.92. The number of hydrogen-bond donors (Lipinski definition) is 1. The molecule has 0 aliphatic carbocycles. The Balaban J connectivity index is 2.06. The summed E-state index contributed by atoms with van der Waals surface area (Å²) < 4.78 is 5.63. The minimum atomic E-state index is 0.855. The third-order valence-electron chi connectivity index (χ3n) is 2.62. The van der Waals surface area contributed by atoms with E-state index in [1.165, 1.54) is 11.1 Å². The first-order valence-corrected chi connectivity index (χ1v) is 5.36. The van der Waals surface area contributed by atoms with Crippen molar-refractivity contribution in [1.29, 1.82) is 0 Å². The molecule has 0 aromatic heterocycles. The van der Waals surface area contributed by atoms with Gasteiger partial charge >= 0.3 is 0 Å². The first-order valence-electron chi connectivity index (χ1n) is 5.36. The van der Waals surface area contributed by atoms with E-state index in [2.05, 4.69) is 30.4 Å². The zero-order valence-corrected chi connectivity index (χ0v) is 8.68. The molecule has 76 valence electrons. The van der Waals surface area contributed by atoms with E-state index in [1.807, 2.05) is 0 Å². The van der Waals surface area contributed by atoms with Crippen molar-refractivity contribution in [2.24, 2.45) is 0 Å². The molecule has 0 saturated carbocycles. The largest absolute Gasteiger partial charge is 0.493 e. The van der Waals surface area contributed by atoms with Gasteiger partial charge in [0, 0.05) is 6.42 Å². The Hall–Kier alpha value is -1.02. The molecular formula is C12H17NO. The number of benzene rings is 1. The normalized spacial score (nSPS) is 13.8. The van der Waals surface area contributed by atoms with Crippen LogP contribution in [0.5, 0.6) is 5.75 Å². The molecule has 14 heavy (non-hydrogen) atoms. The highest BCUT2D eigenvalue weighted by Gasteiger charge is 2.14. The Kier molecular flexibility index (Phi) is 3.04. The maximum absolute atomic E-state index is 5.63. The van der Waals surface area contributed by atoms with Gasteiger partial charge in [0.1, 0.15) is 5.75 Å². The predicted octanol–water partition coefficient (Wildman–Crippen LogP) is 1.77. The molecule has 1 aliphatic heterocycles. The molecular weight excluding hydrogens is 174 g/mol. The van der Waals surface area contributed by atoms with Crippen LogP contribution in [-0.2, 0) is 12.8 Å². The highest BCUT2D eigenvalue weighted by atomic mass is 16.5. The summed E-state index contributed by atoms with van der Waals surface area (Å²) in [5.41, 5.74) is 2.72. The molecule has 1 aromatic carbocycles. The van der Waals surface area contributed by atoms with Crippen LogP contribution in [0.15, 0.2) is 18.2 Å². The third-order valence-corrected chi connectivity index (χ3v) is 2.62. The highest BCUT2D eigenvalue weighted by Crippen LogP contribution is 2.29. The number of para-hydroxylation sites is 1. The van der Waals surface area contributed by atoms with E-state index in [0.29, 0.717) is 0 Å². The number of fused-ring (bicyclic) bond motifs is 1. The van der Waals surface area contributed by atoms with Crippen LogP contribution in [0, 0.1) is 0 Å². The van der Waals surface area contributed by atoms with Crippen molar-refractivity contribution in [3.63, 3.8) is 0 Å². The molecule has 0 atom stereocenters. The molecule has 0 bridgehead atoms. The average molecular weight is 191 g/mol. The lowest BCUT2D eigenvalue weighted by Crippen LogP contribution is -2.16. The van der Waals surface area contributed by atoms with Crippen molar-refractivity contribution in [1.82, 2.24) is 5.32 Å². The Bertz CT molecular complexity index is 309. The summed E-state index contributed by atoms with van der Waals surface area (Å²) >= 11 is 0. The van der Waals surface area contributed by atoms with Gasteiger partial charge in [0.2, 0.25) is 0 Å². The minimum absolute atomic E-state index is 0.855. The summed E-state index contributed by atoms with van der Waals surface area (Å²) in [5.74, 6) is 1.14. The van der Waals surface area contributed by atoms with Crippen molar-refractivity contribution in [2.75, 3.05) is 19.7 Å². The van der Waals surface area contributed by atoms with Crippen molar-refractivity contribution in [3.8, 4) is 5.75 Å². The van der Waals surface area contributed by atoms with Crippen LogP contribution in [-0.4, -0.2) is 19.7 Å². The summed E-state index contributed by atoms with van der Waals surface area (Å²) in [6.45, 7) is 5.06. The SMILES string of the molecule is CCNCCc1cccc2c1OCC2. The highest BCUT2D eigenvalue weighted by molar-refractivity contribution is 5.44. The quantitative estimate of drug-likeness (QED) is 0.732. The van der Waals surface area contributed by atoms with Crippen molar-refractivity contribution in [2.45, 2.75) is 19.8 Å². The number of hydrogen-bond acceptors (Lipinski definition) is 2. The Morgan fingerprint density at radius 2 is 2.36 bits per heavy atom. The molecule has 0 spiro atoms. The van der Waals surface area contributed by atoms with E-state index >= 15 is 0 Å². The van der Waals surface area contributed by atoms with Crippen LogP contribution in [0.25, 0.3) is 0 Å². The smallest absolute Gasteiger partial charge is 0.125 e. The van der Waals surface area contributed by atoms with Gasteiger partial charge in [-0.1, -0.05) is 25.1 Å². The molecule has 0 saturated heterocycles. The van der Waals surface area contributed by atoms with Crippen molar-refractivity contribution >= 4 is 0 Å². The monoisotopic (exact) mass is 191 g/mol. The van der Waals surface area contributed by atoms with E-state index in [9.17, 15) is 0 Å². The summed E-state index contributed by atoms with van der Waals surface area (Å²) in [7, 11) is 0. The van der Waals surface area contributed by atoms with Gasteiger partial charge in [-0.15, -0.1) is 0 Å². The molecule has 0 amide bonds. The zero-order valence-electron chi connectivity index (χ0n) is 8.68. The second kappa shape index (κ2) is 4.47. The molecule has 2 heteroatoms.